The molecule has 0 bridgehead atoms. The van der Waals surface area contributed by atoms with Crippen molar-refractivity contribution in [2.45, 2.75) is 20.0 Å². The van der Waals surface area contributed by atoms with E-state index in [1.54, 1.807) is 44.2 Å². The second-order valence-electron chi connectivity index (χ2n) is 4.18. The third kappa shape index (κ3) is 3.28. The highest BCUT2D eigenvalue weighted by Crippen LogP contribution is 2.19. The van der Waals surface area contributed by atoms with E-state index in [9.17, 15) is 9.90 Å². The molecule has 0 amide bonds. The molecule has 0 aliphatic carbocycles. The Morgan fingerprint density at radius 2 is 1.74 bits per heavy atom. The number of carbonyl (C=O) groups is 1. The standard InChI is InChI=1S/C14H14N2O3/c1-9-8-10(2)16-14(15-9)19-12(13(17)18)11-6-4-3-5-7-11/h3-8,12H,1-2H3,(H,17,18). The van der Waals surface area contributed by atoms with Crippen LogP contribution in [0.2, 0.25) is 0 Å². The van der Waals surface area contributed by atoms with Crippen LogP contribution in [0.5, 0.6) is 6.01 Å². The van der Waals surface area contributed by atoms with E-state index in [-0.39, 0.29) is 6.01 Å². The van der Waals surface area contributed by atoms with Gasteiger partial charge in [-0.05, 0) is 19.9 Å². The van der Waals surface area contributed by atoms with Crippen LogP contribution in [-0.4, -0.2) is 21.0 Å². The number of carboxylic acid groups (broad SMARTS) is 1. The fourth-order valence-electron chi connectivity index (χ4n) is 1.74. The van der Waals surface area contributed by atoms with E-state index in [4.69, 9.17) is 4.74 Å². The fraction of sp³-hybridized carbons (Fsp3) is 0.214. The second kappa shape index (κ2) is 5.48. The van der Waals surface area contributed by atoms with Crippen molar-refractivity contribution in [3.05, 3.63) is 53.3 Å². The van der Waals surface area contributed by atoms with E-state index in [1.807, 2.05) is 6.07 Å². The van der Waals surface area contributed by atoms with Gasteiger partial charge in [0.2, 0.25) is 6.10 Å². The summed E-state index contributed by atoms with van der Waals surface area (Å²) in [5.41, 5.74) is 2.03. The monoisotopic (exact) mass is 258 g/mol. The van der Waals surface area contributed by atoms with Gasteiger partial charge >= 0.3 is 12.0 Å². The number of hydrogen-bond acceptors (Lipinski definition) is 4. The molecule has 98 valence electrons. The largest absolute Gasteiger partial charge is 0.478 e. The summed E-state index contributed by atoms with van der Waals surface area (Å²) in [5.74, 6) is -1.08. The first-order chi connectivity index (χ1) is 9.06. The molecular formula is C14H14N2O3. The number of benzene rings is 1. The number of aryl methyl sites for hydroxylation is 2. The summed E-state index contributed by atoms with van der Waals surface area (Å²) in [6.07, 6.45) is -1.11. The highest BCUT2D eigenvalue weighted by Gasteiger charge is 2.22. The summed E-state index contributed by atoms with van der Waals surface area (Å²) in [5, 5.41) is 9.25. The van der Waals surface area contributed by atoms with Gasteiger partial charge in [-0.1, -0.05) is 30.3 Å². The second-order valence-corrected chi connectivity index (χ2v) is 4.18. The number of aromatic nitrogens is 2. The summed E-state index contributed by atoms with van der Waals surface area (Å²) in [7, 11) is 0. The molecule has 5 heteroatoms. The van der Waals surface area contributed by atoms with Crippen molar-refractivity contribution in [2.75, 3.05) is 0 Å². The molecule has 2 aromatic rings. The molecule has 0 fully saturated rings. The van der Waals surface area contributed by atoms with Crippen molar-refractivity contribution < 1.29 is 14.6 Å². The lowest BCUT2D eigenvalue weighted by Crippen LogP contribution is -2.19. The number of ether oxygens (including phenoxy) is 1. The van der Waals surface area contributed by atoms with E-state index in [2.05, 4.69) is 9.97 Å². The molecular weight excluding hydrogens is 244 g/mol. The molecule has 2 rings (SSSR count). The Bertz CT molecular complexity index is 564. The Labute approximate surface area is 110 Å². The lowest BCUT2D eigenvalue weighted by Gasteiger charge is -2.14. The highest BCUT2D eigenvalue weighted by atomic mass is 16.5. The number of hydrogen-bond donors (Lipinski definition) is 1. The third-order valence-corrected chi connectivity index (χ3v) is 2.51. The molecule has 1 aromatic carbocycles. The van der Waals surface area contributed by atoms with E-state index >= 15 is 0 Å². The maximum atomic E-state index is 11.3. The van der Waals surface area contributed by atoms with Gasteiger partial charge in [-0.2, -0.15) is 0 Å². The van der Waals surface area contributed by atoms with Crippen LogP contribution in [0.25, 0.3) is 0 Å². The third-order valence-electron chi connectivity index (χ3n) is 2.51. The average molecular weight is 258 g/mol. The van der Waals surface area contributed by atoms with Crippen LogP contribution in [0.4, 0.5) is 0 Å². The zero-order valence-corrected chi connectivity index (χ0v) is 10.7. The summed E-state index contributed by atoms with van der Waals surface area (Å²) in [6.45, 7) is 3.61. The Morgan fingerprint density at radius 1 is 1.16 bits per heavy atom. The Morgan fingerprint density at radius 3 is 2.26 bits per heavy atom. The lowest BCUT2D eigenvalue weighted by atomic mass is 10.1. The maximum absolute atomic E-state index is 11.3. The van der Waals surface area contributed by atoms with Gasteiger partial charge in [0.15, 0.2) is 0 Å². The van der Waals surface area contributed by atoms with E-state index in [1.165, 1.54) is 0 Å². The number of aliphatic carboxylic acids is 1. The van der Waals surface area contributed by atoms with Gasteiger partial charge < -0.3 is 9.84 Å². The van der Waals surface area contributed by atoms with Crippen LogP contribution in [-0.2, 0) is 4.79 Å². The van der Waals surface area contributed by atoms with Gasteiger partial charge in [-0.25, -0.2) is 14.8 Å². The molecule has 0 saturated heterocycles. The van der Waals surface area contributed by atoms with Crippen LogP contribution >= 0.6 is 0 Å². The minimum atomic E-state index is -1.11. The Balaban J connectivity index is 2.29. The van der Waals surface area contributed by atoms with E-state index in [0.29, 0.717) is 5.56 Å². The molecule has 1 aromatic heterocycles. The molecule has 5 nitrogen and oxygen atoms in total. The van der Waals surface area contributed by atoms with Crippen molar-refractivity contribution in [1.29, 1.82) is 0 Å². The summed E-state index contributed by atoms with van der Waals surface area (Å²) >= 11 is 0. The summed E-state index contributed by atoms with van der Waals surface area (Å²) in [4.78, 5) is 19.5. The Kier molecular flexibility index (Phi) is 3.75. The van der Waals surface area contributed by atoms with Crippen molar-refractivity contribution in [2.24, 2.45) is 0 Å². The van der Waals surface area contributed by atoms with Crippen molar-refractivity contribution >= 4 is 5.97 Å². The summed E-state index contributed by atoms with van der Waals surface area (Å²) < 4.78 is 5.40. The first kappa shape index (κ1) is 13.0. The van der Waals surface area contributed by atoms with Crippen LogP contribution in [0.15, 0.2) is 36.4 Å². The number of rotatable bonds is 4. The lowest BCUT2D eigenvalue weighted by molar-refractivity contribution is -0.145. The molecule has 1 unspecified atom stereocenters. The number of nitrogens with zero attached hydrogens (tertiary/aromatic N) is 2. The Hall–Kier alpha value is -2.43. The zero-order valence-electron chi connectivity index (χ0n) is 10.7. The van der Waals surface area contributed by atoms with E-state index in [0.717, 1.165) is 11.4 Å². The fourth-order valence-corrected chi connectivity index (χ4v) is 1.74. The molecule has 0 aliphatic heterocycles. The zero-order chi connectivity index (χ0) is 13.8. The molecule has 0 spiro atoms. The van der Waals surface area contributed by atoms with Gasteiger partial charge in [0, 0.05) is 17.0 Å². The molecule has 0 saturated carbocycles. The van der Waals surface area contributed by atoms with Crippen LogP contribution < -0.4 is 4.74 Å². The normalized spacial score (nSPS) is 11.9. The molecule has 19 heavy (non-hydrogen) atoms. The van der Waals surface area contributed by atoms with Crippen molar-refractivity contribution in [3.8, 4) is 6.01 Å². The topological polar surface area (TPSA) is 72.3 Å². The first-order valence-corrected chi connectivity index (χ1v) is 5.83. The summed E-state index contributed by atoms with van der Waals surface area (Å²) in [6, 6.07) is 10.6. The van der Waals surface area contributed by atoms with E-state index < -0.39 is 12.1 Å². The molecule has 1 N–H and O–H groups in total. The minimum absolute atomic E-state index is 0.0775. The van der Waals surface area contributed by atoms with Crippen molar-refractivity contribution in [1.82, 2.24) is 9.97 Å². The van der Waals surface area contributed by atoms with Gasteiger partial charge in [0.1, 0.15) is 0 Å². The SMILES string of the molecule is Cc1cc(C)nc(OC(C(=O)O)c2ccccc2)n1. The predicted molar refractivity (Wildman–Crippen MR) is 69.0 cm³/mol. The van der Waals surface area contributed by atoms with Crippen molar-refractivity contribution in [3.63, 3.8) is 0 Å². The number of carboxylic acids is 1. The minimum Gasteiger partial charge on any atom is -0.478 e. The van der Waals surface area contributed by atoms with Crippen LogP contribution in [0.3, 0.4) is 0 Å². The van der Waals surface area contributed by atoms with Crippen LogP contribution in [0.1, 0.15) is 23.1 Å². The highest BCUT2D eigenvalue weighted by molar-refractivity contribution is 5.74. The predicted octanol–water partition coefficient (Wildman–Crippen LogP) is 2.30. The molecule has 0 aliphatic rings. The molecule has 1 heterocycles. The quantitative estimate of drug-likeness (QED) is 0.911. The maximum Gasteiger partial charge on any atom is 0.349 e. The van der Waals surface area contributed by atoms with Gasteiger partial charge in [-0.3, -0.25) is 0 Å². The van der Waals surface area contributed by atoms with Gasteiger partial charge in [0.25, 0.3) is 0 Å². The first-order valence-electron chi connectivity index (χ1n) is 5.83. The van der Waals surface area contributed by atoms with Gasteiger partial charge in [0.05, 0.1) is 0 Å². The smallest absolute Gasteiger partial charge is 0.349 e. The average Bonchev–Trinajstić information content (AvgIpc) is 2.35. The van der Waals surface area contributed by atoms with Gasteiger partial charge in [-0.15, -0.1) is 0 Å². The van der Waals surface area contributed by atoms with Crippen LogP contribution in [0, 0.1) is 13.8 Å². The molecule has 0 radical (unpaired) electrons. The molecule has 1 atom stereocenters.